The van der Waals surface area contributed by atoms with E-state index in [-0.39, 0.29) is 6.07 Å². The summed E-state index contributed by atoms with van der Waals surface area (Å²) < 4.78 is 111. The van der Waals surface area contributed by atoms with Crippen molar-refractivity contribution < 1.29 is 39.5 Å². The van der Waals surface area contributed by atoms with Gasteiger partial charge in [0.15, 0.2) is 0 Å². The van der Waals surface area contributed by atoms with Crippen molar-refractivity contribution >= 4 is 5.69 Å². The first-order chi connectivity index (χ1) is 8.24. The number of alkyl halides is 9. The first-order valence-corrected chi connectivity index (χ1v) is 4.39. The van der Waals surface area contributed by atoms with Crippen molar-refractivity contribution in [3.8, 4) is 0 Å². The highest BCUT2D eigenvalue weighted by molar-refractivity contribution is 5.56. The average molecular weight is 297 g/mol. The fraction of sp³-hybridized carbons (Fsp3) is 0.333. The summed E-state index contributed by atoms with van der Waals surface area (Å²) in [6.07, 6.45) is -16.4. The Balaban J connectivity index is 3.68. The molecule has 0 fully saturated rings. The predicted octanol–water partition coefficient (Wildman–Crippen LogP) is 4.33. The summed E-state index contributed by atoms with van der Waals surface area (Å²) >= 11 is 0. The Hall–Kier alpha value is -1.61. The minimum absolute atomic E-state index is 0.182. The minimum Gasteiger partial charge on any atom is -0.398 e. The molecule has 0 saturated carbocycles. The molecule has 1 aromatic rings. The molecule has 2 N–H and O–H groups in total. The average Bonchev–Trinajstić information content (AvgIpc) is 2.11. The second-order valence-electron chi connectivity index (χ2n) is 3.48. The van der Waals surface area contributed by atoms with E-state index in [0.29, 0.717) is 0 Å². The van der Waals surface area contributed by atoms with E-state index in [1.165, 1.54) is 0 Å². The largest absolute Gasteiger partial charge is 0.418 e. The van der Waals surface area contributed by atoms with E-state index in [2.05, 4.69) is 5.73 Å². The Morgan fingerprint density at radius 3 is 1.47 bits per heavy atom. The summed E-state index contributed by atoms with van der Waals surface area (Å²) in [6.45, 7) is 0. The van der Waals surface area contributed by atoms with Crippen LogP contribution in [-0.2, 0) is 18.5 Å². The number of halogens is 9. The van der Waals surface area contributed by atoms with Gasteiger partial charge in [-0.1, -0.05) is 0 Å². The van der Waals surface area contributed by atoms with Crippen LogP contribution in [0.2, 0.25) is 0 Å². The molecule has 1 rings (SSSR count). The van der Waals surface area contributed by atoms with Crippen molar-refractivity contribution in [2.45, 2.75) is 18.5 Å². The zero-order valence-corrected chi connectivity index (χ0v) is 8.63. The van der Waals surface area contributed by atoms with E-state index in [1.54, 1.807) is 0 Å². The molecule has 0 spiro atoms. The van der Waals surface area contributed by atoms with E-state index in [0.717, 1.165) is 0 Å². The molecule has 1 nitrogen and oxygen atoms in total. The van der Waals surface area contributed by atoms with Gasteiger partial charge in [0.05, 0.1) is 16.7 Å². The second-order valence-corrected chi connectivity index (χ2v) is 3.48. The molecular formula is C9H4F9N. The third kappa shape index (κ3) is 3.24. The number of anilines is 1. The standard InChI is InChI=1S/C9H4F9N/c10-7(11,12)3-1-4(8(13,14)15)6(5(19)2-3)9(16,17)18/h1-2H,19H2. The van der Waals surface area contributed by atoms with Gasteiger partial charge in [0.1, 0.15) is 0 Å². The third-order valence-corrected chi connectivity index (χ3v) is 2.09. The second kappa shape index (κ2) is 4.20. The van der Waals surface area contributed by atoms with Gasteiger partial charge >= 0.3 is 18.5 Å². The van der Waals surface area contributed by atoms with Crippen LogP contribution in [0.4, 0.5) is 45.2 Å². The maximum Gasteiger partial charge on any atom is 0.418 e. The number of rotatable bonds is 0. The molecule has 0 bridgehead atoms. The Kier molecular flexibility index (Phi) is 3.42. The smallest absolute Gasteiger partial charge is 0.398 e. The number of nitrogen functional groups attached to an aromatic ring is 1. The first-order valence-electron chi connectivity index (χ1n) is 4.39. The maximum atomic E-state index is 12.4. The van der Waals surface area contributed by atoms with Crippen molar-refractivity contribution in [2.75, 3.05) is 5.73 Å². The van der Waals surface area contributed by atoms with Gasteiger partial charge in [-0.3, -0.25) is 0 Å². The molecular weight excluding hydrogens is 293 g/mol. The molecule has 0 atom stereocenters. The molecule has 19 heavy (non-hydrogen) atoms. The van der Waals surface area contributed by atoms with Crippen molar-refractivity contribution in [3.05, 3.63) is 28.8 Å². The molecule has 1 aromatic carbocycles. The highest BCUT2D eigenvalue weighted by Crippen LogP contribution is 2.45. The molecule has 0 heterocycles. The Morgan fingerprint density at radius 2 is 1.16 bits per heavy atom. The molecule has 0 aliphatic rings. The summed E-state index contributed by atoms with van der Waals surface area (Å²) in [4.78, 5) is 0. The zero-order chi connectivity index (χ0) is 15.2. The molecule has 10 heteroatoms. The summed E-state index contributed by atoms with van der Waals surface area (Å²) in [5.41, 5.74) is -3.64. The highest BCUT2D eigenvalue weighted by Gasteiger charge is 2.46. The number of benzene rings is 1. The fourth-order valence-corrected chi connectivity index (χ4v) is 1.37. The van der Waals surface area contributed by atoms with Gasteiger partial charge < -0.3 is 5.73 Å². The van der Waals surface area contributed by atoms with Crippen LogP contribution in [0.1, 0.15) is 16.7 Å². The molecule has 108 valence electrons. The van der Waals surface area contributed by atoms with Crippen LogP contribution in [0.25, 0.3) is 0 Å². The number of nitrogens with two attached hydrogens (primary N) is 1. The lowest BCUT2D eigenvalue weighted by Gasteiger charge is -2.19. The molecule has 0 amide bonds. The topological polar surface area (TPSA) is 26.0 Å². The van der Waals surface area contributed by atoms with Gasteiger partial charge in [-0.05, 0) is 12.1 Å². The third-order valence-electron chi connectivity index (χ3n) is 2.09. The lowest BCUT2D eigenvalue weighted by atomic mass is 10.0. The Labute approximate surface area is 99.4 Å². The molecule has 0 unspecified atom stereocenters. The number of hydrogen-bond donors (Lipinski definition) is 1. The van der Waals surface area contributed by atoms with Crippen molar-refractivity contribution in [1.29, 1.82) is 0 Å². The van der Waals surface area contributed by atoms with Crippen LogP contribution >= 0.6 is 0 Å². The molecule has 0 saturated heterocycles. The SMILES string of the molecule is Nc1cc(C(F)(F)F)cc(C(F)(F)F)c1C(F)(F)F. The Morgan fingerprint density at radius 1 is 0.684 bits per heavy atom. The van der Waals surface area contributed by atoms with Crippen molar-refractivity contribution in [3.63, 3.8) is 0 Å². The van der Waals surface area contributed by atoms with Crippen LogP contribution in [0, 0.1) is 0 Å². The van der Waals surface area contributed by atoms with E-state index in [9.17, 15) is 39.5 Å². The van der Waals surface area contributed by atoms with E-state index >= 15 is 0 Å². The van der Waals surface area contributed by atoms with E-state index in [1.807, 2.05) is 0 Å². The lowest BCUT2D eigenvalue weighted by molar-refractivity contribution is -0.163. The van der Waals surface area contributed by atoms with Gasteiger partial charge in [-0.25, -0.2) is 0 Å². The molecule has 0 aliphatic heterocycles. The van der Waals surface area contributed by atoms with Crippen LogP contribution in [-0.4, -0.2) is 0 Å². The van der Waals surface area contributed by atoms with Gasteiger partial charge in [0.2, 0.25) is 0 Å². The van der Waals surface area contributed by atoms with Crippen LogP contribution in [0.3, 0.4) is 0 Å². The van der Waals surface area contributed by atoms with Crippen molar-refractivity contribution in [2.24, 2.45) is 0 Å². The van der Waals surface area contributed by atoms with Gasteiger partial charge in [-0.2, -0.15) is 39.5 Å². The Bertz CT molecular complexity index is 480. The van der Waals surface area contributed by atoms with Crippen LogP contribution < -0.4 is 5.73 Å². The maximum absolute atomic E-state index is 12.4. The summed E-state index contributed by atoms with van der Waals surface area (Å²) in [5.74, 6) is 0. The van der Waals surface area contributed by atoms with Crippen LogP contribution in [0.5, 0.6) is 0 Å². The molecule has 0 aromatic heterocycles. The zero-order valence-electron chi connectivity index (χ0n) is 8.63. The first kappa shape index (κ1) is 15.4. The van der Waals surface area contributed by atoms with Crippen molar-refractivity contribution in [1.82, 2.24) is 0 Å². The summed E-state index contributed by atoms with van der Waals surface area (Å²) in [6, 6.07) is -0.794. The molecule has 0 aliphatic carbocycles. The van der Waals surface area contributed by atoms with Crippen LogP contribution in [0.15, 0.2) is 12.1 Å². The summed E-state index contributed by atoms with van der Waals surface area (Å²) in [5, 5.41) is 0. The summed E-state index contributed by atoms with van der Waals surface area (Å²) in [7, 11) is 0. The predicted molar refractivity (Wildman–Crippen MR) is 45.9 cm³/mol. The number of hydrogen-bond acceptors (Lipinski definition) is 1. The minimum atomic E-state index is -5.61. The van der Waals surface area contributed by atoms with Gasteiger partial charge in [-0.15, -0.1) is 0 Å². The fourth-order valence-electron chi connectivity index (χ4n) is 1.37. The monoisotopic (exact) mass is 297 g/mol. The quantitative estimate of drug-likeness (QED) is 0.560. The van der Waals surface area contributed by atoms with Gasteiger partial charge in [0.25, 0.3) is 0 Å². The normalized spacial score (nSPS) is 13.7. The lowest BCUT2D eigenvalue weighted by Crippen LogP contribution is -2.21. The highest BCUT2D eigenvalue weighted by atomic mass is 19.4. The van der Waals surface area contributed by atoms with E-state index in [4.69, 9.17) is 0 Å². The molecule has 0 radical (unpaired) electrons. The van der Waals surface area contributed by atoms with E-state index < -0.39 is 47.0 Å². The van der Waals surface area contributed by atoms with Gasteiger partial charge in [0, 0.05) is 5.69 Å².